The first-order chi connectivity index (χ1) is 17.5. The Morgan fingerprint density at radius 1 is 1.00 bits per heavy atom. The number of aryl methyl sites for hydroxylation is 2. The van der Waals surface area contributed by atoms with Crippen LogP contribution in [0.1, 0.15) is 41.3 Å². The third kappa shape index (κ3) is 5.60. The van der Waals surface area contributed by atoms with Crippen molar-refractivity contribution in [3.63, 3.8) is 0 Å². The molecule has 2 heterocycles. The zero-order chi connectivity index (χ0) is 25.1. The smallest absolute Gasteiger partial charge is 0.261 e. The molecule has 2 aromatic carbocycles. The van der Waals surface area contributed by atoms with Crippen molar-refractivity contribution < 1.29 is 4.79 Å². The van der Waals surface area contributed by atoms with Gasteiger partial charge in [-0.1, -0.05) is 25.1 Å². The highest BCUT2D eigenvalue weighted by atomic mass is 16.1. The molecule has 3 N–H and O–H groups in total. The zero-order valence-corrected chi connectivity index (χ0v) is 21.3. The summed E-state index contributed by atoms with van der Waals surface area (Å²) in [4.78, 5) is 27.2. The Morgan fingerprint density at radius 2 is 1.69 bits per heavy atom. The van der Waals surface area contributed by atoms with Gasteiger partial charge < -0.3 is 25.8 Å². The van der Waals surface area contributed by atoms with Gasteiger partial charge in [-0.15, -0.1) is 0 Å². The summed E-state index contributed by atoms with van der Waals surface area (Å²) in [7, 11) is 0. The van der Waals surface area contributed by atoms with E-state index in [4.69, 9.17) is 0 Å². The molecule has 1 amide bonds. The summed E-state index contributed by atoms with van der Waals surface area (Å²) >= 11 is 0. The van der Waals surface area contributed by atoms with Crippen molar-refractivity contribution in [2.24, 2.45) is 0 Å². The number of hydrogen-bond acceptors (Lipinski definition) is 7. The van der Waals surface area contributed by atoms with E-state index in [1.54, 1.807) is 6.20 Å². The van der Waals surface area contributed by atoms with Gasteiger partial charge in [0.05, 0.1) is 0 Å². The lowest BCUT2D eigenvalue weighted by atomic mass is 10.1. The lowest BCUT2D eigenvalue weighted by Crippen LogP contribution is -2.46. The van der Waals surface area contributed by atoms with Crippen LogP contribution >= 0.6 is 0 Å². The second-order valence-corrected chi connectivity index (χ2v) is 9.69. The molecule has 0 bridgehead atoms. The molecule has 1 aliphatic carbocycles. The summed E-state index contributed by atoms with van der Waals surface area (Å²) in [5, 5.41) is 9.76. The third-order valence-electron chi connectivity index (χ3n) is 6.98. The van der Waals surface area contributed by atoms with Gasteiger partial charge in [-0.2, -0.15) is 4.98 Å². The summed E-state index contributed by atoms with van der Waals surface area (Å²) in [5.74, 6) is 0.810. The fourth-order valence-corrected chi connectivity index (χ4v) is 4.54. The van der Waals surface area contributed by atoms with E-state index in [1.807, 2.05) is 32.0 Å². The van der Waals surface area contributed by atoms with Gasteiger partial charge in [-0.3, -0.25) is 4.79 Å². The molecule has 0 unspecified atom stereocenters. The topological polar surface area (TPSA) is 85.4 Å². The van der Waals surface area contributed by atoms with Crippen LogP contribution in [0.3, 0.4) is 0 Å². The molecule has 0 spiro atoms. The van der Waals surface area contributed by atoms with E-state index in [0.717, 1.165) is 68.1 Å². The normalized spacial score (nSPS) is 16.0. The van der Waals surface area contributed by atoms with Gasteiger partial charge in [0.1, 0.15) is 11.4 Å². The van der Waals surface area contributed by atoms with E-state index < -0.39 is 0 Å². The number of para-hydroxylation sites is 1. The maximum Gasteiger partial charge on any atom is 0.261 e. The first-order valence-corrected chi connectivity index (χ1v) is 12.9. The molecule has 0 radical (unpaired) electrons. The number of nitrogens with zero attached hydrogens (tertiary/aromatic N) is 4. The van der Waals surface area contributed by atoms with Gasteiger partial charge in [0, 0.05) is 55.5 Å². The first kappa shape index (κ1) is 24.1. The van der Waals surface area contributed by atoms with Crippen LogP contribution in [0.2, 0.25) is 0 Å². The molecule has 1 aromatic heterocycles. The Hall–Kier alpha value is -3.65. The van der Waals surface area contributed by atoms with Crippen LogP contribution < -0.4 is 20.9 Å². The summed E-state index contributed by atoms with van der Waals surface area (Å²) in [6.07, 6.45) is 3.77. The minimum atomic E-state index is -0.213. The number of likely N-dealkylation sites (N-methyl/N-ethyl adjacent to an activating group) is 1. The Morgan fingerprint density at radius 3 is 2.33 bits per heavy atom. The van der Waals surface area contributed by atoms with E-state index in [1.165, 1.54) is 5.69 Å². The van der Waals surface area contributed by atoms with Crippen molar-refractivity contribution in [1.29, 1.82) is 0 Å². The van der Waals surface area contributed by atoms with Crippen molar-refractivity contribution >= 4 is 34.7 Å². The number of piperazine rings is 1. The van der Waals surface area contributed by atoms with Gasteiger partial charge in [0.15, 0.2) is 0 Å². The zero-order valence-electron chi connectivity index (χ0n) is 21.3. The van der Waals surface area contributed by atoms with Crippen LogP contribution in [0.4, 0.5) is 28.8 Å². The Labute approximate surface area is 213 Å². The van der Waals surface area contributed by atoms with E-state index in [-0.39, 0.29) is 5.91 Å². The van der Waals surface area contributed by atoms with Gasteiger partial charge in [-0.05, 0) is 68.6 Å². The van der Waals surface area contributed by atoms with Crippen LogP contribution in [0.5, 0.6) is 0 Å². The number of nitrogens with one attached hydrogen (secondary N) is 3. The van der Waals surface area contributed by atoms with Gasteiger partial charge in [-0.25, -0.2) is 4.98 Å². The first-order valence-electron chi connectivity index (χ1n) is 12.9. The van der Waals surface area contributed by atoms with Gasteiger partial charge >= 0.3 is 0 Å². The van der Waals surface area contributed by atoms with E-state index >= 15 is 0 Å². The molecule has 8 nitrogen and oxygen atoms in total. The lowest BCUT2D eigenvalue weighted by molar-refractivity contribution is 0.102. The second-order valence-electron chi connectivity index (χ2n) is 9.69. The maximum atomic E-state index is 13.2. The quantitative estimate of drug-likeness (QED) is 0.422. The molecular formula is C28H35N7O. The van der Waals surface area contributed by atoms with Crippen molar-refractivity contribution in [3.05, 3.63) is 65.4 Å². The Bertz CT molecular complexity index is 1190. The number of carbonyl (C=O) groups excluding carboxylic acids is 1. The number of hydrogen-bond donors (Lipinski definition) is 3. The lowest BCUT2D eigenvalue weighted by Gasteiger charge is -2.35. The molecule has 8 heteroatoms. The monoisotopic (exact) mass is 485 g/mol. The third-order valence-corrected chi connectivity index (χ3v) is 6.98. The Kier molecular flexibility index (Phi) is 7.04. The molecule has 1 saturated carbocycles. The summed E-state index contributed by atoms with van der Waals surface area (Å²) in [6.45, 7) is 11.6. The predicted octanol–water partition coefficient (Wildman–Crippen LogP) is 4.81. The number of carbonyl (C=O) groups is 1. The fraction of sp³-hybridized carbons (Fsp3) is 0.393. The van der Waals surface area contributed by atoms with Crippen LogP contribution in [0, 0.1) is 13.8 Å². The van der Waals surface area contributed by atoms with Crippen LogP contribution in [-0.2, 0) is 0 Å². The molecule has 0 atom stereocenters. The highest BCUT2D eigenvalue weighted by Gasteiger charge is 2.25. The predicted molar refractivity (Wildman–Crippen MR) is 147 cm³/mol. The SMILES string of the molecule is CCN1CCN(c2ccc(Nc3ncc(C(=O)Nc4c(C)cccc4C)c(NC4CC4)n3)cc2)CC1. The highest BCUT2D eigenvalue weighted by Crippen LogP contribution is 2.28. The number of benzene rings is 2. The largest absolute Gasteiger partial charge is 0.369 e. The van der Waals surface area contributed by atoms with Crippen molar-refractivity contribution in [2.75, 3.05) is 53.6 Å². The molecule has 2 aliphatic rings. The maximum absolute atomic E-state index is 13.2. The number of rotatable bonds is 8. The van der Waals surface area contributed by atoms with E-state index in [9.17, 15) is 4.79 Å². The van der Waals surface area contributed by atoms with Crippen molar-refractivity contribution in [2.45, 2.75) is 39.7 Å². The molecule has 36 heavy (non-hydrogen) atoms. The van der Waals surface area contributed by atoms with Crippen molar-refractivity contribution in [1.82, 2.24) is 14.9 Å². The summed E-state index contributed by atoms with van der Waals surface area (Å²) < 4.78 is 0. The molecular weight excluding hydrogens is 450 g/mol. The minimum absolute atomic E-state index is 0.213. The average Bonchev–Trinajstić information content (AvgIpc) is 3.71. The van der Waals surface area contributed by atoms with E-state index in [2.05, 4.69) is 66.9 Å². The van der Waals surface area contributed by atoms with Crippen LogP contribution in [-0.4, -0.2) is 59.5 Å². The van der Waals surface area contributed by atoms with Crippen LogP contribution in [0.15, 0.2) is 48.7 Å². The molecule has 1 saturated heterocycles. The summed E-state index contributed by atoms with van der Waals surface area (Å²) in [5.41, 5.74) is 5.46. The molecule has 1 aliphatic heterocycles. The highest BCUT2D eigenvalue weighted by molar-refractivity contribution is 6.08. The molecule has 188 valence electrons. The van der Waals surface area contributed by atoms with Crippen molar-refractivity contribution in [3.8, 4) is 0 Å². The van der Waals surface area contributed by atoms with Gasteiger partial charge in [0.2, 0.25) is 5.95 Å². The molecule has 3 aromatic rings. The van der Waals surface area contributed by atoms with Gasteiger partial charge in [0.25, 0.3) is 5.91 Å². The number of amides is 1. The second kappa shape index (κ2) is 10.5. The molecule has 5 rings (SSSR count). The fourth-order valence-electron chi connectivity index (χ4n) is 4.54. The average molecular weight is 486 g/mol. The minimum Gasteiger partial charge on any atom is -0.369 e. The summed E-state index contributed by atoms with van der Waals surface area (Å²) in [6, 6.07) is 14.7. The number of aromatic nitrogens is 2. The standard InChI is InChI=1S/C28H35N7O/c1-4-34-14-16-35(17-15-34)23-12-10-22(11-13-23)31-28-29-18-24(26(33-28)30-21-8-9-21)27(36)32-25-19(2)6-5-7-20(25)3/h5-7,10-13,18,21H,4,8-9,14-17H2,1-3H3,(H,32,36)(H2,29,30,31,33). The van der Waals surface area contributed by atoms with Crippen LogP contribution in [0.25, 0.3) is 0 Å². The number of anilines is 5. The van der Waals surface area contributed by atoms with E-state index in [0.29, 0.717) is 23.4 Å². The molecule has 2 fully saturated rings. The Balaban J connectivity index is 1.30.